The highest BCUT2D eigenvalue weighted by Crippen LogP contribution is 2.68. The molecule has 0 spiro atoms. The average Bonchev–Trinajstić information content (AvgIpc) is 1.51. The lowest BCUT2D eigenvalue weighted by Crippen LogP contribution is -2.37. The van der Waals surface area contributed by atoms with Gasteiger partial charge < -0.3 is 0 Å². The molecule has 0 amide bonds. The molecule has 10 bridgehead atoms. The van der Waals surface area contributed by atoms with E-state index in [9.17, 15) is 0 Å². The van der Waals surface area contributed by atoms with Crippen molar-refractivity contribution in [2.24, 2.45) is 52.5 Å². The first-order valence-corrected chi connectivity index (χ1v) is 37.4. The molecule has 5 heterocycles. The van der Waals surface area contributed by atoms with E-state index in [-0.39, 0.29) is 11.8 Å². The van der Waals surface area contributed by atoms with Gasteiger partial charge in [-0.3, -0.25) is 0 Å². The van der Waals surface area contributed by atoms with Crippen LogP contribution in [0.2, 0.25) is 0 Å². The molecule has 10 aromatic rings. The van der Waals surface area contributed by atoms with E-state index in [1.54, 1.807) is 33.4 Å². The van der Waals surface area contributed by atoms with Crippen molar-refractivity contribution < 1.29 is 25.6 Å². The Morgan fingerprint density at radius 3 is 1.19 bits per heavy atom. The Labute approximate surface area is 589 Å². The summed E-state index contributed by atoms with van der Waals surface area (Å²) >= 11 is 0. The Morgan fingerprint density at radius 2 is 0.704 bits per heavy atom. The van der Waals surface area contributed by atoms with Crippen LogP contribution >= 0.6 is 0 Å². The molecule has 6 atom stereocenters. The molecule has 498 valence electrons. The molecule has 98 heavy (non-hydrogen) atoms. The van der Waals surface area contributed by atoms with E-state index in [2.05, 4.69) is 296 Å². The maximum atomic E-state index is 8.73. The summed E-state index contributed by atoms with van der Waals surface area (Å²) in [6, 6.07) is 55.1. The molecule has 5 fully saturated rings. The number of nitrogens with zero attached hydrogens (tertiary/aromatic N) is 5. The minimum atomic E-state index is -0.314. The Hall–Kier alpha value is -8.15. The Morgan fingerprint density at radius 1 is 0.337 bits per heavy atom. The van der Waals surface area contributed by atoms with Crippen LogP contribution in [0.5, 0.6) is 0 Å². The quantitative estimate of drug-likeness (QED) is 0.153. The Kier molecular flexibility index (Phi) is 16.0. The Bertz CT molecular complexity index is 4800. The van der Waals surface area contributed by atoms with Gasteiger partial charge in [0.25, 0.3) is 0 Å². The molecule has 0 saturated heterocycles. The van der Waals surface area contributed by atoms with Gasteiger partial charge in [0.2, 0.25) is 28.5 Å². The lowest BCUT2D eigenvalue weighted by molar-refractivity contribution is -0.661. The van der Waals surface area contributed by atoms with E-state index >= 15 is 0 Å². The smallest absolute Gasteiger partial charge is 0.201 e. The molecule has 5 heteroatoms. The second kappa shape index (κ2) is 25.2. The topological polar surface area (TPSA) is 19.4 Å². The summed E-state index contributed by atoms with van der Waals surface area (Å²) < 4.78 is 28.8. The fourth-order valence-electron chi connectivity index (χ4n) is 20.4. The maximum Gasteiger partial charge on any atom is 0.212 e. The standard InChI is InChI=1S/C21H26N.4C18H20N/c1-14-8-6-7-9-15(14)19-12-16-17-10-11-21(4,20(17,2)3)18(16)13-22(19)5;2*1-12-5-3-4-6-16(12)18-10-17-14-7-13(8-14)9-15(17)11-19(18)2;2*1-12-5-3-4-6-15(12)18-10-16-13-7-8-14(9-13)17(16)11-19(18)2/h6-9,12-13,17H,10-11H2,1-5H3;4*3-6,10-11,13-14H,7-9H2,1-2H3/q5*+1/i;14D;;13D;. The number of aromatic nitrogens is 5. The minimum Gasteiger partial charge on any atom is -0.201 e. The van der Waals surface area contributed by atoms with Gasteiger partial charge in [-0.2, -0.15) is 0 Å². The lowest BCUT2D eigenvalue weighted by atomic mass is 9.63. The number of hydrogen-bond donors (Lipinski definition) is 0. The average molecular weight is 1300 g/mol. The summed E-state index contributed by atoms with van der Waals surface area (Å²) in [6.45, 7) is 18.3. The monoisotopic (exact) mass is 1290 g/mol. The third-order valence-electron chi connectivity index (χ3n) is 26.6. The summed E-state index contributed by atoms with van der Waals surface area (Å²) in [5.74, 6) is 4.98. The van der Waals surface area contributed by atoms with Crippen molar-refractivity contribution in [2.45, 2.75) is 192 Å². The molecule has 5 nitrogen and oxygen atoms in total. The zero-order valence-electron chi connectivity index (χ0n) is 63.0. The summed E-state index contributed by atoms with van der Waals surface area (Å²) in [7, 11) is 10.8. The summed E-state index contributed by atoms with van der Waals surface area (Å²) in [5.41, 5.74) is 35.6. The van der Waals surface area contributed by atoms with E-state index in [0.29, 0.717) is 16.7 Å². The highest BCUT2D eigenvalue weighted by molar-refractivity contribution is 5.67. The van der Waals surface area contributed by atoms with E-state index < -0.39 is 0 Å². The molecule has 12 aliphatic carbocycles. The van der Waals surface area contributed by atoms with Crippen LogP contribution in [0.15, 0.2) is 183 Å². The number of rotatable bonds is 5. The van der Waals surface area contributed by atoms with Crippen LogP contribution < -0.4 is 22.8 Å². The molecule has 12 aliphatic rings. The van der Waals surface area contributed by atoms with Gasteiger partial charge in [0, 0.05) is 94.1 Å². The van der Waals surface area contributed by atoms with Crippen molar-refractivity contribution in [2.75, 3.05) is 0 Å². The highest BCUT2D eigenvalue weighted by Gasteiger charge is 2.60. The van der Waals surface area contributed by atoms with Crippen molar-refractivity contribution in [3.63, 3.8) is 0 Å². The predicted octanol–water partition coefficient (Wildman–Crippen LogP) is 19.4. The van der Waals surface area contributed by atoms with Crippen LogP contribution in [-0.4, -0.2) is 0 Å². The summed E-state index contributed by atoms with van der Waals surface area (Å²) in [4.78, 5) is 0. The number of aryl methyl sites for hydroxylation is 10. The summed E-state index contributed by atoms with van der Waals surface area (Å²) in [5, 5.41) is 0. The van der Waals surface area contributed by atoms with Gasteiger partial charge in [0.15, 0.2) is 31.0 Å². The highest BCUT2D eigenvalue weighted by atomic mass is 15.0. The van der Waals surface area contributed by atoms with Crippen molar-refractivity contribution in [3.8, 4) is 56.3 Å². The molecule has 5 aromatic carbocycles. The molecule has 5 aromatic heterocycles. The molecule has 5 saturated carbocycles. The van der Waals surface area contributed by atoms with Gasteiger partial charge in [-0.15, -0.1) is 0 Å². The first-order chi connectivity index (χ1) is 48.0. The molecular formula is C93H106N5+5. The van der Waals surface area contributed by atoms with Crippen molar-refractivity contribution in [3.05, 3.63) is 266 Å². The van der Waals surface area contributed by atoms with Crippen LogP contribution in [0, 0.1) is 51.9 Å². The Balaban J connectivity index is 0.0000000973. The van der Waals surface area contributed by atoms with Gasteiger partial charge in [-0.1, -0.05) is 112 Å². The van der Waals surface area contributed by atoms with Gasteiger partial charge >= 0.3 is 0 Å². The number of pyridine rings is 5. The summed E-state index contributed by atoms with van der Waals surface area (Å²) in [6.07, 6.45) is 29.3. The van der Waals surface area contributed by atoms with E-state index in [0.717, 1.165) is 67.6 Å². The molecule has 22 rings (SSSR count). The van der Waals surface area contributed by atoms with Crippen LogP contribution in [0.1, 0.15) is 225 Å². The van der Waals surface area contributed by atoms with E-state index in [4.69, 9.17) is 2.74 Å². The maximum absolute atomic E-state index is 8.73. The van der Waals surface area contributed by atoms with Gasteiger partial charge in [-0.25, -0.2) is 22.8 Å². The first kappa shape index (κ1) is 62.1. The number of benzene rings is 5. The van der Waals surface area contributed by atoms with Crippen molar-refractivity contribution in [1.29, 1.82) is 0 Å². The lowest BCUT2D eigenvalue weighted by Gasteiger charge is -2.41. The zero-order chi connectivity index (χ0) is 69.5. The third kappa shape index (κ3) is 11.1. The SMILES string of the molecule is Cc1ccccc1-c1cc2c(c[n+]1C)C1(C)CCC2C1(C)C.Cc1ccccc1-c1cc2c(c[n+]1C)C1CCC2C1.Cc1ccccc1-c1cc2c(c[n+]1C)CC1CC2C1.[2H]C12CC(Cc3c[n+](C)c(-c4ccccc4C)cc31)C2.[2H]C12CCC(C1)c1c[n+](C)c(-c3ccccc3C)cc12. The first-order valence-electron chi connectivity index (χ1n) is 38.4. The minimum absolute atomic E-state index is 0.302. The molecule has 0 N–H and O–H groups in total. The molecule has 0 radical (unpaired) electrons. The van der Waals surface area contributed by atoms with Crippen LogP contribution in [0.4, 0.5) is 0 Å². The second-order valence-electron chi connectivity index (χ2n) is 32.7. The number of fused-ring (bicyclic) bond motifs is 15. The fraction of sp³-hybridized carbons (Fsp3) is 0.409. The molecule has 0 aliphatic heterocycles. The second-order valence-corrected chi connectivity index (χ2v) is 32.7. The van der Waals surface area contributed by atoms with Crippen LogP contribution in [-0.2, 0) is 53.5 Å². The number of hydrogen-bond acceptors (Lipinski definition) is 0. The van der Waals surface area contributed by atoms with E-state index in [1.165, 1.54) is 164 Å². The third-order valence-corrected chi connectivity index (χ3v) is 26.6. The molecular weight excluding hydrogens is 1190 g/mol. The van der Waals surface area contributed by atoms with Crippen LogP contribution in [0.25, 0.3) is 56.3 Å². The predicted molar refractivity (Wildman–Crippen MR) is 399 cm³/mol. The van der Waals surface area contributed by atoms with Crippen molar-refractivity contribution in [1.82, 2.24) is 0 Å². The zero-order valence-corrected chi connectivity index (χ0v) is 61.0. The normalized spacial score (nSPS) is 26.4. The van der Waals surface area contributed by atoms with Crippen LogP contribution in [0.3, 0.4) is 0 Å². The largest absolute Gasteiger partial charge is 0.212 e. The van der Waals surface area contributed by atoms with Gasteiger partial charge in [0.1, 0.15) is 35.2 Å². The van der Waals surface area contributed by atoms with E-state index in [1.807, 2.05) is 0 Å². The van der Waals surface area contributed by atoms with Crippen molar-refractivity contribution >= 4 is 0 Å². The fourth-order valence-corrected chi connectivity index (χ4v) is 20.4. The van der Waals surface area contributed by atoms with Gasteiger partial charge in [-0.05, 0) is 269 Å². The van der Waals surface area contributed by atoms with Gasteiger partial charge in [0.05, 0.1) is 0 Å². The molecule has 6 unspecified atom stereocenters.